The van der Waals surface area contributed by atoms with Crippen LogP contribution in [0.25, 0.3) is 0 Å². The van der Waals surface area contributed by atoms with Crippen LogP contribution in [0.4, 0.5) is 0 Å². The van der Waals surface area contributed by atoms with Gasteiger partial charge in [-0.15, -0.1) is 0 Å². The zero-order valence-electron chi connectivity index (χ0n) is 10.3. The quantitative estimate of drug-likeness (QED) is 0.737. The van der Waals surface area contributed by atoms with E-state index in [0.717, 1.165) is 0 Å². The minimum atomic E-state index is -3.51. The second-order valence-electron chi connectivity index (χ2n) is 4.49. The number of hydrogen-bond donors (Lipinski definition) is 2. The normalized spacial score (nSPS) is 24.9. The molecule has 1 fully saturated rings. The largest absolute Gasteiger partial charge is 0.390 e. The third-order valence-corrected chi connectivity index (χ3v) is 4.87. The molecule has 1 saturated heterocycles. The molecule has 1 aliphatic heterocycles. The van der Waals surface area contributed by atoms with Crippen molar-refractivity contribution in [2.24, 2.45) is 0 Å². The van der Waals surface area contributed by atoms with Crippen molar-refractivity contribution in [2.45, 2.75) is 24.8 Å². The number of hydrogen-bond acceptors (Lipinski definition) is 6. The first-order chi connectivity index (χ1) is 8.40. The van der Waals surface area contributed by atoms with E-state index in [1.165, 1.54) is 11.4 Å². The molecule has 7 nitrogen and oxygen atoms in total. The summed E-state index contributed by atoms with van der Waals surface area (Å²) >= 11 is 0. The van der Waals surface area contributed by atoms with E-state index in [-0.39, 0.29) is 5.75 Å². The van der Waals surface area contributed by atoms with Crippen LogP contribution >= 0.6 is 0 Å². The van der Waals surface area contributed by atoms with Crippen molar-refractivity contribution in [3.63, 3.8) is 0 Å². The van der Waals surface area contributed by atoms with Gasteiger partial charge in [0.25, 0.3) is 0 Å². The maximum absolute atomic E-state index is 12.1. The Balaban J connectivity index is 2.10. The Bertz CT molecular complexity index is 513. The monoisotopic (exact) mass is 275 g/mol. The average molecular weight is 275 g/mol. The van der Waals surface area contributed by atoms with Gasteiger partial charge in [-0.05, 0) is 6.92 Å². The van der Waals surface area contributed by atoms with Gasteiger partial charge in [0.05, 0.1) is 12.1 Å². The highest BCUT2D eigenvalue weighted by Crippen LogP contribution is 2.16. The van der Waals surface area contributed by atoms with Crippen LogP contribution in [0.5, 0.6) is 0 Å². The fraction of sp³-hybridized carbons (Fsp3) is 0.700. The van der Waals surface area contributed by atoms with Crippen molar-refractivity contribution in [1.29, 1.82) is 0 Å². The van der Waals surface area contributed by atoms with E-state index in [4.69, 9.17) is 4.52 Å². The number of aryl methyl sites for hydroxylation is 1. The van der Waals surface area contributed by atoms with Gasteiger partial charge < -0.3 is 14.9 Å². The molecule has 0 aliphatic carbocycles. The molecule has 2 N–H and O–H groups in total. The molecular weight excluding hydrogens is 258 g/mol. The lowest BCUT2D eigenvalue weighted by Gasteiger charge is -2.25. The Morgan fingerprint density at radius 3 is 2.83 bits per heavy atom. The molecule has 1 aromatic heterocycles. The second kappa shape index (κ2) is 4.96. The third-order valence-electron chi connectivity index (χ3n) is 3.06. The van der Waals surface area contributed by atoms with Crippen LogP contribution in [-0.2, 0) is 15.8 Å². The molecule has 102 valence electrons. The number of nitrogens with one attached hydrogen (secondary N) is 1. The van der Waals surface area contributed by atoms with Crippen molar-refractivity contribution in [2.75, 3.05) is 20.1 Å². The SMILES string of the molecule is Cc1cc(CS(=O)(=O)N(C)[C@H]2CNC[C@@H]2O)no1. The summed E-state index contributed by atoms with van der Waals surface area (Å²) < 4.78 is 30.3. The lowest BCUT2D eigenvalue weighted by atomic mass is 10.2. The summed E-state index contributed by atoms with van der Waals surface area (Å²) in [4.78, 5) is 0. The van der Waals surface area contributed by atoms with Crippen LogP contribution in [0.1, 0.15) is 11.5 Å². The number of nitrogens with zero attached hydrogens (tertiary/aromatic N) is 2. The lowest BCUT2D eigenvalue weighted by molar-refractivity contribution is 0.136. The third kappa shape index (κ3) is 2.72. The second-order valence-corrected chi connectivity index (χ2v) is 6.52. The highest BCUT2D eigenvalue weighted by atomic mass is 32.2. The predicted molar refractivity (Wildman–Crippen MR) is 64.3 cm³/mol. The van der Waals surface area contributed by atoms with Crippen LogP contribution in [0.3, 0.4) is 0 Å². The summed E-state index contributed by atoms with van der Waals surface area (Å²) in [5.41, 5.74) is 0.375. The van der Waals surface area contributed by atoms with E-state index in [1.54, 1.807) is 13.0 Å². The standard InChI is InChI=1S/C10H17N3O4S/c1-7-3-8(12-17-7)6-18(15,16)13(2)9-4-11-5-10(9)14/h3,9-11,14H,4-6H2,1-2H3/t9-,10-/m0/s1. The van der Waals surface area contributed by atoms with Gasteiger partial charge in [0.15, 0.2) is 0 Å². The topological polar surface area (TPSA) is 95.7 Å². The minimum Gasteiger partial charge on any atom is -0.390 e. The molecular formula is C10H17N3O4S. The molecule has 1 aromatic rings. The number of β-amino-alcohol motifs (C(OH)–C–C–N with tert-alkyl or cyclic N) is 1. The van der Waals surface area contributed by atoms with E-state index in [0.29, 0.717) is 24.5 Å². The molecule has 1 aliphatic rings. The van der Waals surface area contributed by atoms with Gasteiger partial charge in [-0.1, -0.05) is 5.16 Å². The van der Waals surface area contributed by atoms with Gasteiger partial charge in [0.1, 0.15) is 17.2 Å². The molecule has 18 heavy (non-hydrogen) atoms. The minimum absolute atomic E-state index is 0.218. The van der Waals surface area contributed by atoms with Crippen LogP contribution in [0, 0.1) is 6.92 Å². The summed E-state index contributed by atoms with van der Waals surface area (Å²) in [6.07, 6.45) is -0.677. The van der Waals surface area contributed by atoms with Gasteiger partial charge in [0, 0.05) is 26.2 Å². The predicted octanol–water partition coefficient (Wildman–Crippen LogP) is -0.923. The molecule has 0 spiro atoms. The summed E-state index contributed by atoms with van der Waals surface area (Å²) in [5.74, 6) is 0.356. The van der Waals surface area contributed by atoms with E-state index in [2.05, 4.69) is 10.5 Å². The molecule has 0 unspecified atom stereocenters. The first-order valence-corrected chi connectivity index (χ1v) is 7.28. The molecule has 2 rings (SSSR count). The van der Waals surface area contributed by atoms with Crippen molar-refractivity contribution >= 4 is 10.0 Å². The molecule has 2 heterocycles. The molecule has 8 heteroatoms. The Kier molecular flexibility index (Phi) is 3.71. The first-order valence-electron chi connectivity index (χ1n) is 5.67. The summed E-state index contributed by atoms with van der Waals surface area (Å²) in [7, 11) is -2.03. The van der Waals surface area contributed by atoms with Crippen LogP contribution < -0.4 is 5.32 Å². The smallest absolute Gasteiger partial charge is 0.220 e. The van der Waals surface area contributed by atoms with Crippen LogP contribution in [0.15, 0.2) is 10.6 Å². The molecule has 0 amide bonds. The number of aromatic nitrogens is 1. The summed E-state index contributed by atoms with van der Waals surface area (Å²) in [6.45, 7) is 2.57. The first kappa shape index (κ1) is 13.5. The number of likely N-dealkylation sites (N-methyl/N-ethyl adjacent to an activating group) is 1. The molecule has 0 aromatic carbocycles. The van der Waals surface area contributed by atoms with Crippen LogP contribution in [-0.4, -0.2) is 55.3 Å². The Morgan fingerprint density at radius 2 is 2.33 bits per heavy atom. The van der Waals surface area contributed by atoms with Crippen molar-refractivity contribution in [1.82, 2.24) is 14.8 Å². The summed E-state index contributed by atoms with van der Waals surface area (Å²) in [5, 5.41) is 16.3. The zero-order valence-corrected chi connectivity index (χ0v) is 11.1. The Labute approximate surface area is 106 Å². The highest BCUT2D eigenvalue weighted by molar-refractivity contribution is 7.88. The molecule has 0 bridgehead atoms. The van der Waals surface area contributed by atoms with Crippen molar-refractivity contribution in [3.8, 4) is 0 Å². The van der Waals surface area contributed by atoms with Crippen molar-refractivity contribution < 1.29 is 18.0 Å². The number of aliphatic hydroxyl groups is 1. The molecule has 0 radical (unpaired) electrons. The number of aliphatic hydroxyl groups excluding tert-OH is 1. The van der Waals surface area contributed by atoms with E-state index in [1.807, 2.05) is 0 Å². The summed E-state index contributed by atoms with van der Waals surface area (Å²) in [6, 6.07) is 1.16. The Morgan fingerprint density at radius 1 is 1.61 bits per heavy atom. The fourth-order valence-electron chi connectivity index (χ4n) is 2.00. The fourth-order valence-corrected chi connectivity index (χ4v) is 3.34. The van der Waals surface area contributed by atoms with Gasteiger partial charge in [-0.25, -0.2) is 8.42 Å². The lowest BCUT2D eigenvalue weighted by Crippen LogP contribution is -2.44. The van der Waals surface area contributed by atoms with Crippen LogP contribution in [0.2, 0.25) is 0 Å². The molecule has 2 atom stereocenters. The highest BCUT2D eigenvalue weighted by Gasteiger charge is 2.35. The van der Waals surface area contributed by atoms with E-state index < -0.39 is 22.2 Å². The van der Waals surface area contributed by atoms with E-state index >= 15 is 0 Å². The number of rotatable bonds is 4. The maximum atomic E-state index is 12.1. The van der Waals surface area contributed by atoms with E-state index in [9.17, 15) is 13.5 Å². The molecule has 0 saturated carbocycles. The number of sulfonamides is 1. The van der Waals surface area contributed by atoms with Gasteiger partial charge >= 0.3 is 0 Å². The van der Waals surface area contributed by atoms with Gasteiger partial charge in [-0.2, -0.15) is 4.31 Å². The average Bonchev–Trinajstić information content (AvgIpc) is 2.86. The zero-order chi connectivity index (χ0) is 13.3. The van der Waals surface area contributed by atoms with Crippen molar-refractivity contribution in [3.05, 3.63) is 17.5 Å². The Hall–Kier alpha value is -0.960. The maximum Gasteiger partial charge on any atom is 0.220 e. The van der Waals surface area contributed by atoms with Gasteiger partial charge in [0.2, 0.25) is 10.0 Å². The van der Waals surface area contributed by atoms with Gasteiger partial charge in [-0.3, -0.25) is 0 Å².